The molecule has 1 aliphatic carbocycles. The van der Waals surface area contributed by atoms with Crippen LogP contribution in [0.5, 0.6) is 11.5 Å². The van der Waals surface area contributed by atoms with Gasteiger partial charge in [0.15, 0.2) is 5.78 Å². The van der Waals surface area contributed by atoms with Gasteiger partial charge in [0, 0.05) is 37.8 Å². The highest BCUT2D eigenvalue weighted by Crippen LogP contribution is 2.48. The van der Waals surface area contributed by atoms with Crippen molar-refractivity contribution in [3.05, 3.63) is 28.3 Å². The molecule has 1 aliphatic heterocycles. The minimum Gasteiger partial charge on any atom is -0.507 e. The fourth-order valence-corrected chi connectivity index (χ4v) is 5.32. The number of phenolic OH excluding ortho intramolecular Hbond substituents is 2. The van der Waals surface area contributed by atoms with Crippen LogP contribution >= 0.6 is 11.8 Å². The molecule has 2 N–H and O–H groups in total. The first kappa shape index (κ1) is 24.1. The fraction of sp³-hybridized carbons (Fsp3) is 0.522. The van der Waals surface area contributed by atoms with Gasteiger partial charge in [-0.1, -0.05) is 24.8 Å². The number of hydrogen-bond acceptors (Lipinski definition) is 9. The number of allylic oxidation sites excluding steroid dienone is 2. The first-order valence-corrected chi connectivity index (χ1v) is 11.4. The van der Waals surface area contributed by atoms with Crippen molar-refractivity contribution in [2.24, 2.45) is 0 Å². The molecule has 2 aliphatic rings. The molecule has 1 aromatic carbocycles. The summed E-state index contributed by atoms with van der Waals surface area (Å²) >= 11 is 1.15. The third kappa shape index (κ3) is 5.10. The van der Waals surface area contributed by atoms with Gasteiger partial charge in [-0.2, -0.15) is 0 Å². The van der Waals surface area contributed by atoms with Gasteiger partial charge in [-0.05, 0) is 25.3 Å². The van der Waals surface area contributed by atoms with Gasteiger partial charge in [0.1, 0.15) is 29.6 Å². The number of carbonyl (C=O) groups is 3. The van der Waals surface area contributed by atoms with Gasteiger partial charge >= 0.3 is 11.9 Å². The summed E-state index contributed by atoms with van der Waals surface area (Å²) in [7, 11) is 0. The number of phenols is 2. The maximum absolute atomic E-state index is 12.9. The number of ketones is 1. The molecule has 8 nitrogen and oxygen atoms in total. The number of carbonyl (C=O) groups excluding carboxylic acids is 3. The van der Waals surface area contributed by atoms with E-state index in [-0.39, 0.29) is 29.5 Å². The van der Waals surface area contributed by atoms with Gasteiger partial charge in [0.05, 0.1) is 16.6 Å². The zero-order valence-corrected chi connectivity index (χ0v) is 19.4. The molecule has 3 atom stereocenters. The predicted octanol–water partition coefficient (Wildman–Crippen LogP) is 3.57. The lowest BCUT2D eigenvalue weighted by atomic mass is 9.86. The van der Waals surface area contributed by atoms with Crippen LogP contribution in [0.2, 0.25) is 0 Å². The first-order valence-electron chi connectivity index (χ1n) is 10.6. The number of thioether (sulfide) groups is 1. The van der Waals surface area contributed by atoms with E-state index in [1.165, 1.54) is 13.8 Å². The van der Waals surface area contributed by atoms with Gasteiger partial charge in [0.25, 0.3) is 0 Å². The predicted molar refractivity (Wildman–Crippen MR) is 117 cm³/mol. The molecule has 0 bridgehead atoms. The highest BCUT2D eigenvalue weighted by molar-refractivity contribution is 8.00. The fourth-order valence-electron chi connectivity index (χ4n) is 4.04. The Morgan fingerprint density at radius 1 is 1.19 bits per heavy atom. The Hall–Kier alpha value is -2.52. The number of benzene rings is 1. The van der Waals surface area contributed by atoms with Crippen molar-refractivity contribution in [2.45, 2.75) is 75.9 Å². The molecular formula is C23H28O8S. The monoisotopic (exact) mass is 464 g/mol. The molecule has 0 spiro atoms. The highest BCUT2D eigenvalue weighted by atomic mass is 32.2. The number of Topliss-reactive ketones (excluding diaryl/α,β-unsaturated/α-hetero) is 1. The van der Waals surface area contributed by atoms with Crippen molar-refractivity contribution in [1.82, 2.24) is 0 Å². The van der Waals surface area contributed by atoms with Crippen molar-refractivity contribution in [3.8, 4) is 11.5 Å². The second kappa shape index (κ2) is 9.95. The van der Waals surface area contributed by atoms with Gasteiger partial charge < -0.3 is 24.4 Å². The third-order valence-corrected chi connectivity index (χ3v) is 6.87. The van der Waals surface area contributed by atoms with E-state index < -0.39 is 29.6 Å². The molecule has 1 saturated heterocycles. The molecule has 0 radical (unpaired) electrons. The number of esters is 2. The lowest BCUT2D eigenvalue weighted by Gasteiger charge is -2.34. The van der Waals surface area contributed by atoms with Gasteiger partial charge in [-0.3, -0.25) is 14.4 Å². The number of ether oxygens (including phenoxy) is 3. The molecule has 32 heavy (non-hydrogen) atoms. The van der Waals surface area contributed by atoms with Gasteiger partial charge in [-0.15, -0.1) is 0 Å². The van der Waals surface area contributed by atoms with Crippen molar-refractivity contribution in [1.29, 1.82) is 0 Å². The molecule has 9 heteroatoms. The second-order valence-electron chi connectivity index (χ2n) is 7.93. The minimum atomic E-state index is -0.560. The van der Waals surface area contributed by atoms with Crippen molar-refractivity contribution < 1.29 is 38.8 Å². The second-order valence-corrected chi connectivity index (χ2v) is 9.10. The van der Waals surface area contributed by atoms with E-state index in [1.54, 1.807) is 13.0 Å². The molecule has 0 saturated carbocycles. The summed E-state index contributed by atoms with van der Waals surface area (Å²) in [5, 5.41) is 21.8. The van der Waals surface area contributed by atoms with Crippen LogP contribution in [0.15, 0.2) is 16.5 Å². The molecule has 3 rings (SSSR count). The van der Waals surface area contributed by atoms with E-state index in [9.17, 15) is 24.6 Å². The maximum atomic E-state index is 12.9. The van der Waals surface area contributed by atoms with Crippen LogP contribution in [-0.4, -0.2) is 52.2 Å². The minimum absolute atomic E-state index is 0.00764. The molecular weight excluding hydrogens is 436 g/mol. The summed E-state index contributed by atoms with van der Waals surface area (Å²) in [5.74, 6) is -1.37. The molecule has 1 heterocycles. The standard InChI is InChI=1S/C23H28O8S/c1-5-14-6-7-17-19(21(14)27)22(28)23(11(2)20(17)26)32-18-9-15(30-13(4)25)8-16(31-18)10-29-12(3)24/h6,15-16,18,26,28H,5,7-10H2,1-4H3. The number of aromatic hydroxyl groups is 2. The Labute approximate surface area is 190 Å². The summed E-state index contributed by atoms with van der Waals surface area (Å²) < 4.78 is 16.4. The maximum Gasteiger partial charge on any atom is 0.302 e. The van der Waals surface area contributed by atoms with Crippen LogP contribution in [0.4, 0.5) is 0 Å². The van der Waals surface area contributed by atoms with Crippen LogP contribution < -0.4 is 0 Å². The van der Waals surface area contributed by atoms with Crippen molar-refractivity contribution in [2.75, 3.05) is 6.61 Å². The molecule has 3 unspecified atom stereocenters. The van der Waals surface area contributed by atoms with Gasteiger partial charge in [0.2, 0.25) is 0 Å². The zero-order chi connectivity index (χ0) is 23.6. The summed E-state index contributed by atoms with van der Waals surface area (Å²) in [6.45, 7) is 6.16. The van der Waals surface area contributed by atoms with Gasteiger partial charge in [-0.25, -0.2) is 0 Å². The smallest absolute Gasteiger partial charge is 0.302 e. The van der Waals surface area contributed by atoms with Crippen molar-refractivity contribution >= 4 is 29.5 Å². The molecule has 174 valence electrons. The van der Waals surface area contributed by atoms with E-state index in [2.05, 4.69) is 0 Å². The molecule has 0 amide bonds. The van der Waals surface area contributed by atoms with Crippen LogP contribution in [-0.2, 0) is 30.2 Å². The molecule has 0 aromatic heterocycles. The van der Waals surface area contributed by atoms with E-state index in [0.717, 1.165) is 11.8 Å². The van der Waals surface area contributed by atoms with E-state index in [1.807, 2.05) is 6.92 Å². The molecule has 1 fully saturated rings. The topological polar surface area (TPSA) is 119 Å². The first-order chi connectivity index (χ1) is 15.1. The number of fused-ring (bicyclic) bond motifs is 1. The average molecular weight is 465 g/mol. The normalized spacial score (nSPS) is 22.7. The van der Waals surface area contributed by atoms with Crippen LogP contribution in [0.1, 0.15) is 61.5 Å². The Morgan fingerprint density at radius 2 is 1.91 bits per heavy atom. The lowest BCUT2D eigenvalue weighted by molar-refractivity contribution is -0.162. The van der Waals surface area contributed by atoms with E-state index in [0.29, 0.717) is 47.3 Å². The summed E-state index contributed by atoms with van der Waals surface area (Å²) in [5.41, 5.74) is 1.02. The van der Waals surface area contributed by atoms with Crippen LogP contribution in [0, 0.1) is 6.92 Å². The summed E-state index contributed by atoms with van der Waals surface area (Å²) in [6.07, 6.45) is 2.43. The SMILES string of the molecule is CCC1=CCc2c(O)c(C)c(SC3CC(OC(C)=O)CC(COC(C)=O)O3)c(O)c2C1=O. The lowest BCUT2D eigenvalue weighted by Crippen LogP contribution is -2.39. The Morgan fingerprint density at radius 3 is 2.53 bits per heavy atom. The van der Waals surface area contributed by atoms with E-state index in [4.69, 9.17) is 14.2 Å². The Kier molecular flexibility index (Phi) is 7.51. The molecule has 1 aromatic rings. The van der Waals surface area contributed by atoms with E-state index >= 15 is 0 Å². The van der Waals surface area contributed by atoms with Crippen LogP contribution in [0.25, 0.3) is 0 Å². The third-order valence-electron chi connectivity index (χ3n) is 5.57. The largest absolute Gasteiger partial charge is 0.507 e. The Balaban J connectivity index is 1.90. The average Bonchev–Trinajstić information content (AvgIpc) is 2.73. The summed E-state index contributed by atoms with van der Waals surface area (Å²) in [6, 6.07) is 0. The zero-order valence-electron chi connectivity index (χ0n) is 18.6. The van der Waals surface area contributed by atoms with Crippen molar-refractivity contribution in [3.63, 3.8) is 0 Å². The van der Waals surface area contributed by atoms with Crippen LogP contribution in [0.3, 0.4) is 0 Å². The quantitative estimate of drug-likeness (QED) is 0.481. The Bertz CT molecular complexity index is 967. The number of rotatable bonds is 6. The highest BCUT2D eigenvalue weighted by Gasteiger charge is 2.35. The summed E-state index contributed by atoms with van der Waals surface area (Å²) in [4.78, 5) is 35.9. The number of hydrogen-bond donors (Lipinski definition) is 2.